The van der Waals surface area contributed by atoms with E-state index < -0.39 is 0 Å². The monoisotopic (exact) mass is 421 g/mol. The molecule has 3 rings (SSSR count). The predicted octanol–water partition coefficient (Wildman–Crippen LogP) is 4.28. The number of nitrogens with one attached hydrogen (secondary N) is 1. The molecule has 0 unspecified atom stereocenters. The van der Waals surface area contributed by atoms with E-state index in [1.165, 1.54) is 41.5 Å². The maximum absolute atomic E-state index is 6.00. The fourth-order valence-corrected chi connectivity index (χ4v) is 2.96. The summed E-state index contributed by atoms with van der Waals surface area (Å²) in [5.74, 6) is 0.466. The molecule has 4 heteroatoms. The number of nitrogens with zero attached hydrogens (tertiary/aromatic N) is 1. The van der Waals surface area contributed by atoms with Gasteiger partial charge in [0.05, 0.1) is 6.54 Å². The number of aryl methyl sites for hydroxylation is 3. The zero-order chi connectivity index (χ0) is 15.4. The molecule has 0 aromatic heterocycles. The topological polar surface area (TPSA) is 50.4 Å². The summed E-state index contributed by atoms with van der Waals surface area (Å²) in [7, 11) is 0. The zero-order valence-corrected chi connectivity index (χ0v) is 15.8. The van der Waals surface area contributed by atoms with Crippen LogP contribution in [0.15, 0.2) is 47.5 Å². The molecule has 0 aliphatic heterocycles. The molecule has 2 aromatic carbocycles. The van der Waals surface area contributed by atoms with Crippen molar-refractivity contribution in [2.75, 3.05) is 5.32 Å². The summed E-state index contributed by atoms with van der Waals surface area (Å²) in [5, 5.41) is 3.17. The first-order valence-electron chi connectivity index (χ1n) is 8.01. The lowest BCUT2D eigenvalue weighted by Crippen LogP contribution is -2.22. The molecule has 2 aromatic rings. The fraction of sp³-hybridized carbons (Fsp3) is 0.316. The minimum absolute atomic E-state index is 0. The van der Waals surface area contributed by atoms with Gasteiger partial charge in [0.2, 0.25) is 0 Å². The van der Waals surface area contributed by atoms with E-state index in [4.69, 9.17) is 5.73 Å². The third kappa shape index (κ3) is 4.70. The second-order valence-corrected chi connectivity index (χ2v) is 5.84. The standard InChI is InChI=1S/C19H23N3.HI/c1-2-14-5-3-8-18(12-14)22-19(20)21-13-15-9-10-16-6-4-7-17(16)11-15;/h3,5,8-12H,2,4,6-7,13H2,1H3,(H3,20,21,22);1H. The van der Waals surface area contributed by atoms with Crippen LogP contribution >= 0.6 is 24.0 Å². The van der Waals surface area contributed by atoms with Crippen LogP contribution in [0.1, 0.15) is 35.6 Å². The minimum atomic E-state index is 0. The number of halogens is 1. The van der Waals surface area contributed by atoms with Gasteiger partial charge in [-0.25, -0.2) is 4.99 Å². The van der Waals surface area contributed by atoms with Gasteiger partial charge in [0, 0.05) is 5.69 Å². The van der Waals surface area contributed by atoms with Crippen LogP contribution in [-0.4, -0.2) is 5.96 Å². The lowest BCUT2D eigenvalue weighted by Gasteiger charge is -2.08. The van der Waals surface area contributed by atoms with Gasteiger partial charge in [-0.3, -0.25) is 0 Å². The van der Waals surface area contributed by atoms with Crippen molar-refractivity contribution in [3.63, 3.8) is 0 Å². The molecule has 0 saturated carbocycles. The highest BCUT2D eigenvalue weighted by molar-refractivity contribution is 14.0. The van der Waals surface area contributed by atoms with E-state index in [-0.39, 0.29) is 24.0 Å². The molecule has 122 valence electrons. The van der Waals surface area contributed by atoms with Crippen molar-refractivity contribution >= 4 is 35.6 Å². The van der Waals surface area contributed by atoms with Crippen LogP contribution < -0.4 is 11.1 Å². The van der Waals surface area contributed by atoms with Crippen molar-refractivity contribution in [1.29, 1.82) is 0 Å². The molecule has 23 heavy (non-hydrogen) atoms. The van der Waals surface area contributed by atoms with Crippen LogP contribution in [0, 0.1) is 0 Å². The number of rotatable bonds is 4. The Kier molecular flexibility index (Phi) is 6.45. The first kappa shape index (κ1) is 17.8. The molecule has 0 bridgehead atoms. The molecular weight excluding hydrogens is 397 g/mol. The van der Waals surface area contributed by atoms with Crippen molar-refractivity contribution in [3.05, 3.63) is 64.7 Å². The number of hydrogen-bond donors (Lipinski definition) is 2. The molecule has 0 heterocycles. The second kappa shape index (κ2) is 8.34. The number of aliphatic imine (C=N–C) groups is 1. The van der Waals surface area contributed by atoms with Crippen LogP contribution in [0.2, 0.25) is 0 Å². The van der Waals surface area contributed by atoms with Crippen LogP contribution in [-0.2, 0) is 25.8 Å². The number of nitrogens with two attached hydrogens (primary N) is 1. The number of anilines is 1. The molecule has 0 radical (unpaired) electrons. The summed E-state index contributed by atoms with van der Waals surface area (Å²) < 4.78 is 0. The number of guanidine groups is 1. The first-order valence-corrected chi connectivity index (χ1v) is 8.01. The second-order valence-electron chi connectivity index (χ2n) is 5.84. The zero-order valence-electron chi connectivity index (χ0n) is 13.5. The quantitative estimate of drug-likeness (QED) is 0.440. The Balaban J connectivity index is 0.00000192. The molecule has 3 nitrogen and oxygen atoms in total. The SMILES string of the molecule is CCc1cccc(NC(N)=NCc2ccc3c(c2)CCC3)c1.I. The van der Waals surface area contributed by atoms with Crippen molar-refractivity contribution < 1.29 is 0 Å². The smallest absolute Gasteiger partial charge is 0.193 e. The molecule has 3 N–H and O–H groups in total. The van der Waals surface area contributed by atoms with E-state index in [0.717, 1.165) is 12.1 Å². The van der Waals surface area contributed by atoms with Gasteiger partial charge in [-0.2, -0.15) is 0 Å². The minimum Gasteiger partial charge on any atom is -0.370 e. The molecule has 1 aliphatic rings. The first-order chi connectivity index (χ1) is 10.7. The van der Waals surface area contributed by atoms with E-state index >= 15 is 0 Å². The summed E-state index contributed by atoms with van der Waals surface area (Å²) in [6.07, 6.45) is 4.71. The molecule has 0 spiro atoms. The van der Waals surface area contributed by atoms with Crippen LogP contribution in [0.4, 0.5) is 5.69 Å². The maximum atomic E-state index is 6.00. The summed E-state index contributed by atoms with van der Waals surface area (Å²) >= 11 is 0. The third-order valence-electron chi connectivity index (χ3n) is 4.20. The van der Waals surface area contributed by atoms with Crippen molar-refractivity contribution in [2.45, 2.75) is 39.2 Å². The van der Waals surface area contributed by atoms with Crippen molar-refractivity contribution in [2.24, 2.45) is 10.7 Å². The average molecular weight is 421 g/mol. The van der Waals surface area contributed by atoms with Crippen LogP contribution in [0.5, 0.6) is 0 Å². The van der Waals surface area contributed by atoms with Crippen LogP contribution in [0.25, 0.3) is 0 Å². The van der Waals surface area contributed by atoms with Gasteiger partial charge in [-0.05, 0) is 60.1 Å². The Bertz CT molecular complexity index is 695. The lowest BCUT2D eigenvalue weighted by atomic mass is 10.1. The lowest BCUT2D eigenvalue weighted by molar-refractivity contribution is 0.911. The average Bonchev–Trinajstić information content (AvgIpc) is 3.00. The maximum Gasteiger partial charge on any atom is 0.193 e. The van der Waals surface area contributed by atoms with Gasteiger partial charge in [-0.1, -0.05) is 37.3 Å². The molecule has 0 fully saturated rings. The van der Waals surface area contributed by atoms with E-state index in [0.29, 0.717) is 12.5 Å². The Hall–Kier alpha value is -1.56. The summed E-state index contributed by atoms with van der Waals surface area (Å²) in [6.45, 7) is 2.77. The Morgan fingerprint density at radius 1 is 1.09 bits per heavy atom. The van der Waals surface area contributed by atoms with E-state index in [9.17, 15) is 0 Å². The van der Waals surface area contributed by atoms with Gasteiger partial charge in [0.15, 0.2) is 5.96 Å². The Morgan fingerprint density at radius 3 is 2.74 bits per heavy atom. The number of fused-ring (bicyclic) bond motifs is 1. The molecule has 0 amide bonds. The predicted molar refractivity (Wildman–Crippen MR) is 109 cm³/mol. The molecule has 1 aliphatic carbocycles. The third-order valence-corrected chi connectivity index (χ3v) is 4.20. The van der Waals surface area contributed by atoms with Gasteiger partial charge < -0.3 is 11.1 Å². The van der Waals surface area contributed by atoms with E-state index in [1.807, 2.05) is 12.1 Å². The number of hydrogen-bond acceptors (Lipinski definition) is 1. The van der Waals surface area contributed by atoms with Crippen molar-refractivity contribution in [3.8, 4) is 0 Å². The van der Waals surface area contributed by atoms with Gasteiger partial charge in [-0.15, -0.1) is 24.0 Å². The molecule has 0 saturated heterocycles. The number of benzene rings is 2. The van der Waals surface area contributed by atoms with Gasteiger partial charge in [0.1, 0.15) is 0 Å². The molecule has 0 atom stereocenters. The Labute approximate surface area is 155 Å². The summed E-state index contributed by atoms with van der Waals surface area (Å²) in [6, 6.07) is 14.9. The highest BCUT2D eigenvalue weighted by atomic mass is 127. The van der Waals surface area contributed by atoms with Crippen LogP contribution in [0.3, 0.4) is 0 Å². The highest BCUT2D eigenvalue weighted by Crippen LogP contribution is 2.23. The van der Waals surface area contributed by atoms with Gasteiger partial charge in [0.25, 0.3) is 0 Å². The Morgan fingerprint density at radius 2 is 1.91 bits per heavy atom. The summed E-state index contributed by atoms with van der Waals surface area (Å²) in [5.41, 5.74) is 12.5. The van der Waals surface area contributed by atoms with E-state index in [1.54, 1.807) is 0 Å². The highest BCUT2D eigenvalue weighted by Gasteiger charge is 2.10. The molecular formula is C19H24IN3. The summed E-state index contributed by atoms with van der Waals surface area (Å²) in [4.78, 5) is 4.45. The van der Waals surface area contributed by atoms with E-state index in [2.05, 4.69) is 47.6 Å². The van der Waals surface area contributed by atoms with Gasteiger partial charge >= 0.3 is 0 Å². The fourth-order valence-electron chi connectivity index (χ4n) is 2.96. The largest absolute Gasteiger partial charge is 0.370 e. The van der Waals surface area contributed by atoms with Crippen molar-refractivity contribution in [1.82, 2.24) is 0 Å². The normalized spacial score (nSPS) is 13.3.